The summed E-state index contributed by atoms with van der Waals surface area (Å²) >= 11 is 1.94. The van der Waals surface area contributed by atoms with Crippen molar-refractivity contribution in [1.82, 2.24) is 9.97 Å². The summed E-state index contributed by atoms with van der Waals surface area (Å²) in [5.41, 5.74) is 8.97. The van der Waals surface area contributed by atoms with Crippen LogP contribution in [0.3, 0.4) is 0 Å². The molecular weight excluding hydrogens is 300 g/mol. The minimum Gasteiger partial charge on any atom is -0.256 e. The highest BCUT2D eigenvalue weighted by Crippen LogP contribution is 2.55. The highest BCUT2D eigenvalue weighted by molar-refractivity contribution is 7.99. The van der Waals surface area contributed by atoms with Crippen molar-refractivity contribution < 1.29 is 0 Å². The Hall–Kier alpha value is -2.13. The van der Waals surface area contributed by atoms with Gasteiger partial charge in [-0.1, -0.05) is 25.1 Å². The summed E-state index contributed by atoms with van der Waals surface area (Å²) in [6.07, 6.45) is 3.80. The van der Waals surface area contributed by atoms with E-state index in [4.69, 9.17) is 4.98 Å². The zero-order chi connectivity index (χ0) is 15.6. The predicted octanol–water partition coefficient (Wildman–Crippen LogP) is 5.44. The van der Waals surface area contributed by atoms with Gasteiger partial charge in [0.05, 0.1) is 11.4 Å². The smallest absolute Gasteiger partial charge is 0.0759 e. The molecule has 0 N–H and O–H groups in total. The molecule has 1 aliphatic carbocycles. The molecule has 1 aliphatic heterocycles. The minimum absolute atomic E-state index is 0.368. The lowest BCUT2D eigenvalue weighted by Gasteiger charge is -2.26. The lowest BCUT2D eigenvalue weighted by molar-refractivity contribution is 0.941. The summed E-state index contributed by atoms with van der Waals surface area (Å²) in [4.78, 5) is 10.7. The van der Waals surface area contributed by atoms with Gasteiger partial charge in [0.25, 0.3) is 0 Å². The fourth-order valence-corrected chi connectivity index (χ4v) is 5.12. The molecule has 0 amide bonds. The van der Waals surface area contributed by atoms with Crippen LogP contribution in [0.2, 0.25) is 0 Å². The SMILES string of the molecule is CC1Sc2ccc3c(c2-c2ncccc21)C(C)c1cccnc1-3. The van der Waals surface area contributed by atoms with E-state index in [-0.39, 0.29) is 0 Å². The molecule has 0 saturated heterocycles. The first-order chi connectivity index (χ1) is 11.3. The quantitative estimate of drug-likeness (QED) is 0.552. The Morgan fingerprint density at radius 3 is 2.43 bits per heavy atom. The fourth-order valence-electron chi connectivity index (χ4n) is 3.95. The van der Waals surface area contributed by atoms with Gasteiger partial charge in [-0.15, -0.1) is 11.8 Å². The molecule has 0 fully saturated rings. The summed E-state index contributed by atoms with van der Waals surface area (Å²) in [6, 6.07) is 13.0. The first-order valence-corrected chi connectivity index (χ1v) is 8.88. The van der Waals surface area contributed by atoms with Crippen LogP contribution in [-0.4, -0.2) is 9.97 Å². The van der Waals surface area contributed by atoms with Crippen LogP contribution in [0.15, 0.2) is 53.7 Å². The number of pyridine rings is 2. The molecule has 23 heavy (non-hydrogen) atoms. The van der Waals surface area contributed by atoms with E-state index < -0.39 is 0 Å². The van der Waals surface area contributed by atoms with Crippen molar-refractivity contribution in [1.29, 1.82) is 0 Å². The maximum Gasteiger partial charge on any atom is 0.0759 e. The third kappa shape index (κ3) is 1.71. The maximum absolute atomic E-state index is 4.75. The van der Waals surface area contributed by atoms with Crippen LogP contribution >= 0.6 is 11.8 Å². The summed E-state index contributed by atoms with van der Waals surface area (Å²) in [6.45, 7) is 4.55. The Bertz CT molecular complexity index is 948. The molecule has 2 aromatic heterocycles. The Morgan fingerprint density at radius 1 is 0.870 bits per heavy atom. The van der Waals surface area contributed by atoms with Crippen molar-refractivity contribution in [2.24, 2.45) is 0 Å². The molecular formula is C20H16N2S. The summed E-state index contributed by atoms with van der Waals surface area (Å²) in [5, 5.41) is 0.446. The summed E-state index contributed by atoms with van der Waals surface area (Å²) in [5.74, 6) is 0.368. The first kappa shape index (κ1) is 13.3. The average molecular weight is 316 g/mol. The fraction of sp³-hybridized carbons (Fsp3) is 0.200. The molecule has 0 saturated carbocycles. The molecule has 0 bridgehead atoms. The number of hydrogen-bond acceptors (Lipinski definition) is 3. The monoisotopic (exact) mass is 316 g/mol. The van der Waals surface area contributed by atoms with E-state index in [1.807, 2.05) is 36.3 Å². The van der Waals surface area contributed by atoms with E-state index >= 15 is 0 Å². The number of nitrogens with zero attached hydrogens (tertiary/aromatic N) is 2. The molecule has 3 aromatic rings. The third-order valence-corrected chi connectivity index (χ3v) is 6.22. The molecule has 112 valence electrons. The van der Waals surface area contributed by atoms with Gasteiger partial charge in [0.1, 0.15) is 0 Å². The maximum atomic E-state index is 4.75. The molecule has 5 rings (SSSR count). The minimum atomic E-state index is 0.368. The van der Waals surface area contributed by atoms with E-state index in [0.29, 0.717) is 11.2 Å². The molecule has 3 heterocycles. The Kier molecular flexibility index (Phi) is 2.71. The third-order valence-electron chi connectivity index (χ3n) is 5.02. The van der Waals surface area contributed by atoms with Crippen molar-refractivity contribution in [2.75, 3.05) is 0 Å². The topological polar surface area (TPSA) is 25.8 Å². The lowest BCUT2D eigenvalue weighted by atomic mass is 9.90. The lowest BCUT2D eigenvalue weighted by Crippen LogP contribution is -2.06. The second-order valence-electron chi connectivity index (χ2n) is 6.26. The largest absolute Gasteiger partial charge is 0.256 e. The van der Waals surface area contributed by atoms with Crippen LogP contribution < -0.4 is 0 Å². The van der Waals surface area contributed by atoms with E-state index in [1.54, 1.807) is 0 Å². The van der Waals surface area contributed by atoms with Crippen LogP contribution in [0.1, 0.15) is 41.7 Å². The van der Waals surface area contributed by atoms with E-state index in [9.17, 15) is 0 Å². The number of benzene rings is 1. The highest BCUT2D eigenvalue weighted by Gasteiger charge is 2.34. The summed E-state index contributed by atoms with van der Waals surface area (Å²) < 4.78 is 0. The molecule has 2 atom stereocenters. The van der Waals surface area contributed by atoms with Crippen molar-refractivity contribution >= 4 is 11.8 Å². The molecule has 0 radical (unpaired) electrons. The number of aromatic nitrogens is 2. The molecule has 2 nitrogen and oxygen atoms in total. The van der Waals surface area contributed by atoms with Crippen molar-refractivity contribution in [2.45, 2.75) is 29.9 Å². The summed E-state index contributed by atoms with van der Waals surface area (Å²) in [7, 11) is 0. The van der Waals surface area contributed by atoms with Gasteiger partial charge in [-0.3, -0.25) is 9.97 Å². The first-order valence-electron chi connectivity index (χ1n) is 8.00. The Balaban J connectivity index is 1.86. The van der Waals surface area contributed by atoms with E-state index in [2.05, 4.69) is 43.1 Å². The highest BCUT2D eigenvalue weighted by atomic mass is 32.2. The van der Waals surface area contributed by atoms with Gasteiger partial charge >= 0.3 is 0 Å². The number of fused-ring (bicyclic) bond motifs is 7. The molecule has 2 unspecified atom stereocenters. The molecule has 0 spiro atoms. The molecule has 1 aromatic carbocycles. The average Bonchev–Trinajstić information content (AvgIpc) is 2.88. The van der Waals surface area contributed by atoms with E-state index in [1.165, 1.54) is 32.7 Å². The second kappa shape index (κ2) is 4.68. The van der Waals surface area contributed by atoms with Crippen molar-refractivity contribution in [3.05, 3.63) is 65.5 Å². The normalized spacial score (nSPS) is 20.4. The van der Waals surface area contributed by atoms with Gasteiger partial charge < -0.3 is 0 Å². The van der Waals surface area contributed by atoms with Gasteiger partial charge in [-0.25, -0.2) is 0 Å². The predicted molar refractivity (Wildman–Crippen MR) is 94.7 cm³/mol. The standard InChI is InChI=1S/C20H16N2S/c1-11-13-5-3-9-21-19(13)15-7-8-16-18(17(11)15)20-14(12(2)23-16)6-4-10-22-20/h3-12H,1-2H3. The van der Waals surface area contributed by atoms with Crippen LogP contribution in [-0.2, 0) is 0 Å². The van der Waals surface area contributed by atoms with E-state index in [0.717, 1.165) is 11.4 Å². The van der Waals surface area contributed by atoms with Crippen LogP contribution in [0.25, 0.3) is 22.5 Å². The molecule has 3 heteroatoms. The van der Waals surface area contributed by atoms with Gasteiger partial charge in [0.15, 0.2) is 0 Å². The number of hydrogen-bond donors (Lipinski definition) is 0. The van der Waals surface area contributed by atoms with Crippen molar-refractivity contribution in [3.63, 3.8) is 0 Å². The molecule has 2 aliphatic rings. The van der Waals surface area contributed by atoms with Gasteiger partial charge in [-0.2, -0.15) is 0 Å². The second-order valence-corrected chi connectivity index (χ2v) is 7.65. The Morgan fingerprint density at radius 2 is 1.61 bits per heavy atom. The zero-order valence-corrected chi connectivity index (χ0v) is 13.9. The van der Waals surface area contributed by atoms with Crippen LogP contribution in [0.5, 0.6) is 0 Å². The van der Waals surface area contributed by atoms with Crippen LogP contribution in [0, 0.1) is 0 Å². The number of thioether (sulfide) groups is 1. The zero-order valence-electron chi connectivity index (χ0n) is 13.1. The van der Waals surface area contributed by atoms with Gasteiger partial charge in [0, 0.05) is 39.6 Å². The Labute approximate surface area is 140 Å². The van der Waals surface area contributed by atoms with Gasteiger partial charge in [0.2, 0.25) is 0 Å². The van der Waals surface area contributed by atoms with Crippen molar-refractivity contribution in [3.8, 4) is 22.5 Å². The number of rotatable bonds is 0. The van der Waals surface area contributed by atoms with Crippen LogP contribution in [0.4, 0.5) is 0 Å². The van der Waals surface area contributed by atoms with Gasteiger partial charge in [-0.05, 0) is 41.8 Å².